The molecule has 1 aliphatic heterocycles. The van der Waals surface area contributed by atoms with Gasteiger partial charge in [-0.05, 0) is 49.4 Å². The van der Waals surface area contributed by atoms with E-state index in [-0.39, 0.29) is 0 Å². The first-order chi connectivity index (χ1) is 11.8. The van der Waals surface area contributed by atoms with E-state index in [0.29, 0.717) is 6.04 Å². The normalized spacial score (nSPS) is 23.9. The van der Waals surface area contributed by atoms with E-state index in [1.54, 1.807) is 0 Å². The van der Waals surface area contributed by atoms with Gasteiger partial charge in [0.15, 0.2) is 0 Å². The lowest BCUT2D eigenvalue weighted by molar-refractivity contribution is 0.169. The van der Waals surface area contributed by atoms with Gasteiger partial charge in [0.05, 0.1) is 0 Å². The van der Waals surface area contributed by atoms with Crippen molar-refractivity contribution in [1.82, 2.24) is 4.90 Å². The van der Waals surface area contributed by atoms with Crippen molar-refractivity contribution in [3.05, 3.63) is 29.6 Å². The van der Waals surface area contributed by atoms with Crippen LogP contribution < -0.4 is 4.90 Å². The Bertz CT molecular complexity index is 659. The van der Waals surface area contributed by atoms with Gasteiger partial charge in [-0.25, -0.2) is 0 Å². The molecule has 2 heterocycles. The van der Waals surface area contributed by atoms with Crippen LogP contribution in [-0.4, -0.2) is 37.1 Å². The summed E-state index contributed by atoms with van der Waals surface area (Å²) in [5.41, 5.74) is 1.44. The first kappa shape index (κ1) is 16.4. The predicted octanol–water partition coefficient (Wildman–Crippen LogP) is 5.38. The minimum atomic E-state index is 0.663. The number of thiophene rings is 1. The molecule has 24 heavy (non-hydrogen) atoms. The Kier molecular flexibility index (Phi) is 5.09. The highest BCUT2D eigenvalue weighted by atomic mass is 32.1. The van der Waals surface area contributed by atoms with Crippen molar-refractivity contribution in [1.29, 1.82) is 0 Å². The summed E-state index contributed by atoms with van der Waals surface area (Å²) >= 11 is 1.85. The maximum absolute atomic E-state index is 2.73. The molecule has 4 rings (SSSR count). The van der Waals surface area contributed by atoms with Gasteiger partial charge in [-0.3, -0.25) is 4.90 Å². The third kappa shape index (κ3) is 3.48. The Morgan fingerprint density at radius 1 is 1.08 bits per heavy atom. The highest BCUT2D eigenvalue weighted by molar-refractivity contribution is 7.17. The van der Waals surface area contributed by atoms with Crippen LogP contribution in [0, 0.1) is 5.92 Å². The van der Waals surface area contributed by atoms with Crippen LogP contribution in [-0.2, 0) is 0 Å². The van der Waals surface area contributed by atoms with E-state index in [0.717, 1.165) is 5.92 Å². The van der Waals surface area contributed by atoms with Gasteiger partial charge >= 0.3 is 0 Å². The summed E-state index contributed by atoms with van der Waals surface area (Å²) in [5.74, 6) is 1.00. The van der Waals surface area contributed by atoms with E-state index in [2.05, 4.69) is 46.4 Å². The fraction of sp³-hybridized carbons (Fsp3) is 0.619. The summed E-state index contributed by atoms with van der Waals surface area (Å²) in [4.78, 5) is 5.34. The smallest absolute Gasteiger partial charge is 0.0455 e. The van der Waals surface area contributed by atoms with E-state index in [1.807, 2.05) is 11.3 Å². The molecule has 0 amide bonds. The van der Waals surface area contributed by atoms with Gasteiger partial charge in [0, 0.05) is 41.4 Å². The van der Waals surface area contributed by atoms with E-state index in [1.165, 1.54) is 80.5 Å². The summed E-state index contributed by atoms with van der Waals surface area (Å²) in [6.07, 6.45) is 8.80. The van der Waals surface area contributed by atoms with Crippen LogP contribution in [0.1, 0.15) is 45.4 Å². The van der Waals surface area contributed by atoms with Crippen molar-refractivity contribution < 1.29 is 0 Å². The van der Waals surface area contributed by atoms with Crippen molar-refractivity contribution in [2.45, 2.75) is 51.5 Å². The van der Waals surface area contributed by atoms with Crippen LogP contribution in [0.15, 0.2) is 29.6 Å². The van der Waals surface area contributed by atoms with E-state index >= 15 is 0 Å². The van der Waals surface area contributed by atoms with Crippen molar-refractivity contribution in [3.8, 4) is 0 Å². The van der Waals surface area contributed by atoms with Gasteiger partial charge in [0.1, 0.15) is 0 Å². The zero-order chi connectivity index (χ0) is 16.4. The number of fused-ring (bicyclic) bond motifs is 1. The SMILES string of the molecule is CC1CN(c2cccc3sccc23)CCN1CCC1CCCCC1. The van der Waals surface area contributed by atoms with Crippen molar-refractivity contribution in [3.63, 3.8) is 0 Å². The Morgan fingerprint density at radius 2 is 1.96 bits per heavy atom. The standard InChI is InChI=1S/C21H30N2S/c1-17-16-23(20-8-5-9-21-19(20)11-15-24-21)14-13-22(17)12-10-18-6-3-2-4-7-18/h5,8-9,11,15,17-18H,2-4,6-7,10,12-14,16H2,1H3. The third-order valence-corrected chi connectivity index (χ3v) is 7.01. The fourth-order valence-corrected chi connectivity index (χ4v) is 5.43. The first-order valence-electron chi connectivity index (χ1n) is 9.76. The molecule has 1 unspecified atom stereocenters. The Balaban J connectivity index is 1.36. The second kappa shape index (κ2) is 7.45. The minimum Gasteiger partial charge on any atom is -0.368 e. The van der Waals surface area contributed by atoms with Crippen molar-refractivity contribution in [2.75, 3.05) is 31.1 Å². The largest absolute Gasteiger partial charge is 0.368 e. The number of benzene rings is 1. The molecule has 2 aliphatic rings. The molecule has 2 nitrogen and oxygen atoms in total. The van der Waals surface area contributed by atoms with Crippen LogP contribution in [0.4, 0.5) is 5.69 Å². The van der Waals surface area contributed by atoms with Gasteiger partial charge in [0.2, 0.25) is 0 Å². The van der Waals surface area contributed by atoms with E-state index in [4.69, 9.17) is 0 Å². The zero-order valence-electron chi connectivity index (χ0n) is 14.9. The molecule has 2 fully saturated rings. The molecule has 1 aromatic carbocycles. The lowest BCUT2D eigenvalue weighted by Gasteiger charge is -2.42. The molecule has 2 aromatic rings. The highest BCUT2D eigenvalue weighted by Crippen LogP contribution is 2.32. The van der Waals surface area contributed by atoms with Crippen LogP contribution in [0.3, 0.4) is 0 Å². The lowest BCUT2D eigenvalue weighted by atomic mass is 9.87. The number of hydrogen-bond donors (Lipinski definition) is 0. The number of hydrogen-bond acceptors (Lipinski definition) is 3. The molecule has 1 atom stereocenters. The third-order valence-electron chi connectivity index (χ3n) is 6.13. The molecule has 1 saturated heterocycles. The number of anilines is 1. The van der Waals surface area contributed by atoms with Crippen LogP contribution in [0.2, 0.25) is 0 Å². The maximum Gasteiger partial charge on any atom is 0.0455 e. The molecule has 0 N–H and O–H groups in total. The molecule has 1 saturated carbocycles. The summed E-state index contributed by atoms with van der Waals surface area (Å²) in [7, 11) is 0. The molecular formula is C21H30N2S. The highest BCUT2D eigenvalue weighted by Gasteiger charge is 2.25. The molecule has 0 spiro atoms. The Morgan fingerprint density at radius 3 is 2.79 bits per heavy atom. The molecule has 0 bridgehead atoms. The molecule has 0 radical (unpaired) electrons. The van der Waals surface area contributed by atoms with Gasteiger partial charge in [-0.15, -0.1) is 11.3 Å². The number of nitrogens with zero attached hydrogens (tertiary/aromatic N) is 2. The topological polar surface area (TPSA) is 6.48 Å². The summed E-state index contributed by atoms with van der Waals surface area (Å²) in [6.45, 7) is 7.28. The van der Waals surface area contributed by atoms with E-state index < -0.39 is 0 Å². The van der Waals surface area contributed by atoms with Crippen LogP contribution in [0.25, 0.3) is 10.1 Å². The molecule has 3 heteroatoms. The average Bonchev–Trinajstić information content (AvgIpc) is 3.10. The van der Waals surface area contributed by atoms with Gasteiger partial charge in [0.25, 0.3) is 0 Å². The minimum absolute atomic E-state index is 0.663. The number of piperazine rings is 1. The average molecular weight is 343 g/mol. The maximum atomic E-state index is 2.73. The predicted molar refractivity (Wildman–Crippen MR) is 106 cm³/mol. The number of rotatable bonds is 4. The summed E-state index contributed by atoms with van der Waals surface area (Å²) < 4.78 is 1.42. The van der Waals surface area contributed by atoms with Crippen LogP contribution >= 0.6 is 11.3 Å². The monoisotopic (exact) mass is 342 g/mol. The van der Waals surface area contributed by atoms with Crippen molar-refractivity contribution in [2.24, 2.45) is 5.92 Å². The van der Waals surface area contributed by atoms with Crippen molar-refractivity contribution >= 4 is 27.1 Å². The summed E-state index contributed by atoms with van der Waals surface area (Å²) in [6, 6.07) is 9.72. The fourth-order valence-electron chi connectivity index (χ4n) is 4.62. The van der Waals surface area contributed by atoms with Gasteiger partial charge in [-0.1, -0.05) is 38.2 Å². The Hall–Kier alpha value is -1.06. The molecule has 1 aromatic heterocycles. The molecule has 1 aliphatic carbocycles. The van der Waals surface area contributed by atoms with E-state index in [9.17, 15) is 0 Å². The first-order valence-corrected chi connectivity index (χ1v) is 10.6. The molecular weight excluding hydrogens is 312 g/mol. The second-order valence-corrected chi connectivity index (χ2v) is 8.68. The summed E-state index contributed by atoms with van der Waals surface area (Å²) in [5, 5.41) is 3.66. The lowest BCUT2D eigenvalue weighted by Crippen LogP contribution is -2.52. The quantitative estimate of drug-likeness (QED) is 0.736. The zero-order valence-corrected chi connectivity index (χ0v) is 15.7. The van der Waals surface area contributed by atoms with Gasteiger partial charge < -0.3 is 4.90 Å². The van der Waals surface area contributed by atoms with Gasteiger partial charge in [-0.2, -0.15) is 0 Å². The molecule has 130 valence electrons. The van der Waals surface area contributed by atoms with Crippen LogP contribution in [0.5, 0.6) is 0 Å². The second-order valence-electron chi connectivity index (χ2n) is 7.73. The Labute approximate surface area is 150 Å².